The first-order valence-electron chi connectivity index (χ1n) is 9.45. The first-order chi connectivity index (χ1) is 13.8. The summed E-state index contributed by atoms with van der Waals surface area (Å²) < 4.78 is 7.15. The molecule has 29 heavy (non-hydrogen) atoms. The molecule has 0 aliphatic heterocycles. The van der Waals surface area contributed by atoms with Crippen LogP contribution >= 0.6 is 0 Å². The minimum Gasteiger partial charge on any atom is -0.449 e. The quantitative estimate of drug-likeness (QED) is 0.603. The van der Waals surface area contributed by atoms with Crippen LogP contribution in [-0.2, 0) is 16.1 Å². The normalized spacial score (nSPS) is 11.7. The van der Waals surface area contributed by atoms with Gasteiger partial charge < -0.3 is 9.64 Å². The van der Waals surface area contributed by atoms with Crippen LogP contribution in [0.4, 0.5) is 0 Å². The largest absolute Gasteiger partial charge is 0.449 e. The molecule has 2 aromatic carbocycles. The van der Waals surface area contributed by atoms with Crippen LogP contribution < -0.4 is 0 Å². The highest BCUT2D eigenvalue weighted by atomic mass is 16.5. The lowest BCUT2D eigenvalue weighted by molar-refractivity contribution is -0.137. The Morgan fingerprint density at radius 1 is 1.07 bits per heavy atom. The molecule has 0 spiro atoms. The van der Waals surface area contributed by atoms with Gasteiger partial charge in [0, 0.05) is 25.9 Å². The summed E-state index contributed by atoms with van der Waals surface area (Å²) in [6.07, 6.45) is 0.804. The summed E-state index contributed by atoms with van der Waals surface area (Å²) in [5.74, 6) is -0.838. The van der Waals surface area contributed by atoms with E-state index >= 15 is 0 Å². The van der Waals surface area contributed by atoms with Crippen LogP contribution in [0.5, 0.6) is 0 Å². The lowest BCUT2D eigenvalue weighted by atomic mass is 10.1. The SMILES string of the molecule is Cc1ccc(-c2nn(Cc3ccccc3)cc2C(=O)O[C@@H](C)C(=O)N(C)C)cc1. The number of carbonyl (C=O) groups excluding carboxylic acids is 2. The Morgan fingerprint density at radius 2 is 1.72 bits per heavy atom. The maximum atomic E-state index is 12.9. The van der Waals surface area contributed by atoms with Crippen molar-refractivity contribution in [1.82, 2.24) is 14.7 Å². The van der Waals surface area contributed by atoms with E-state index in [-0.39, 0.29) is 5.91 Å². The lowest BCUT2D eigenvalue weighted by Gasteiger charge is -2.17. The van der Waals surface area contributed by atoms with Crippen LogP contribution in [-0.4, -0.2) is 46.8 Å². The number of likely N-dealkylation sites (N-methyl/N-ethyl adjacent to an activating group) is 1. The summed E-state index contributed by atoms with van der Waals surface area (Å²) in [6.45, 7) is 4.10. The molecule has 0 fully saturated rings. The fraction of sp³-hybridized carbons (Fsp3) is 0.261. The molecule has 3 rings (SSSR count). The van der Waals surface area contributed by atoms with Gasteiger partial charge in [-0.25, -0.2) is 4.79 Å². The van der Waals surface area contributed by atoms with Crippen LogP contribution in [0.1, 0.15) is 28.4 Å². The Balaban J connectivity index is 1.93. The Hall–Kier alpha value is -3.41. The lowest BCUT2D eigenvalue weighted by Crippen LogP contribution is -2.34. The molecule has 1 heterocycles. The highest BCUT2D eigenvalue weighted by molar-refractivity contribution is 5.97. The Labute approximate surface area is 170 Å². The van der Waals surface area contributed by atoms with E-state index in [1.54, 1.807) is 31.9 Å². The highest BCUT2D eigenvalue weighted by Gasteiger charge is 2.25. The predicted molar refractivity (Wildman–Crippen MR) is 112 cm³/mol. The van der Waals surface area contributed by atoms with Gasteiger partial charge in [-0.1, -0.05) is 60.2 Å². The zero-order valence-corrected chi connectivity index (χ0v) is 17.1. The number of hydrogen-bond acceptors (Lipinski definition) is 4. The molecule has 6 nitrogen and oxygen atoms in total. The van der Waals surface area contributed by atoms with Gasteiger partial charge in [-0.2, -0.15) is 5.10 Å². The van der Waals surface area contributed by atoms with Crippen molar-refractivity contribution in [2.75, 3.05) is 14.1 Å². The Bertz CT molecular complexity index is 992. The molecular formula is C23H25N3O3. The fourth-order valence-electron chi connectivity index (χ4n) is 2.98. The minimum atomic E-state index is -0.874. The van der Waals surface area contributed by atoms with Crippen LogP contribution in [0.3, 0.4) is 0 Å². The van der Waals surface area contributed by atoms with Gasteiger partial charge in [-0.3, -0.25) is 9.48 Å². The van der Waals surface area contributed by atoms with Crippen LogP contribution in [0.15, 0.2) is 60.8 Å². The summed E-state index contributed by atoms with van der Waals surface area (Å²) in [6, 6.07) is 17.7. The molecule has 0 bridgehead atoms. The summed E-state index contributed by atoms with van der Waals surface area (Å²) in [5.41, 5.74) is 3.88. The predicted octanol–water partition coefficient (Wildman–Crippen LogP) is 3.54. The second-order valence-electron chi connectivity index (χ2n) is 7.22. The van der Waals surface area contributed by atoms with Gasteiger partial charge >= 0.3 is 5.97 Å². The Kier molecular flexibility index (Phi) is 6.12. The Morgan fingerprint density at radius 3 is 2.34 bits per heavy atom. The maximum absolute atomic E-state index is 12.9. The molecule has 0 aliphatic rings. The molecule has 0 radical (unpaired) electrons. The summed E-state index contributed by atoms with van der Waals surface area (Å²) in [5, 5.41) is 4.63. The molecule has 1 atom stereocenters. The third-order valence-corrected chi connectivity index (χ3v) is 4.57. The zero-order valence-electron chi connectivity index (χ0n) is 17.1. The number of rotatable bonds is 6. The maximum Gasteiger partial charge on any atom is 0.342 e. The van der Waals surface area contributed by atoms with Crippen molar-refractivity contribution >= 4 is 11.9 Å². The summed E-state index contributed by atoms with van der Waals surface area (Å²) >= 11 is 0. The third-order valence-electron chi connectivity index (χ3n) is 4.57. The van der Waals surface area contributed by atoms with Crippen molar-refractivity contribution in [2.24, 2.45) is 0 Å². The van der Waals surface area contributed by atoms with Gasteiger partial charge in [-0.05, 0) is 19.4 Å². The van der Waals surface area contributed by atoms with Crippen LogP contribution in [0, 0.1) is 6.92 Å². The molecule has 3 aromatic rings. The minimum absolute atomic E-state index is 0.271. The average molecular weight is 391 g/mol. The van der Waals surface area contributed by atoms with E-state index in [9.17, 15) is 9.59 Å². The standard InChI is InChI=1S/C23H25N3O3/c1-16-10-12-19(13-11-16)21-20(23(28)29-17(2)22(27)25(3)4)15-26(24-21)14-18-8-6-5-7-9-18/h5-13,15,17H,14H2,1-4H3/t17-/m0/s1. The second-order valence-corrected chi connectivity index (χ2v) is 7.22. The molecule has 0 saturated heterocycles. The number of benzene rings is 2. The van der Waals surface area contributed by atoms with Gasteiger partial charge in [0.2, 0.25) is 0 Å². The molecular weight excluding hydrogens is 366 g/mol. The van der Waals surface area contributed by atoms with Crippen LogP contribution in [0.25, 0.3) is 11.3 Å². The van der Waals surface area contributed by atoms with Crippen molar-refractivity contribution in [3.63, 3.8) is 0 Å². The van der Waals surface area contributed by atoms with Crippen molar-refractivity contribution in [2.45, 2.75) is 26.5 Å². The number of carbonyl (C=O) groups is 2. The smallest absolute Gasteiger partial charge is 0.342 e. The topological polar surface area (TPSA) is 64.4 Å². The average Bonchev–Trinajstić information content (AvgIpc) is 3.12. The number of aryl methyl sites for hydroxylation is 1. The van der Waals surface area contributed by atoms with Crippen molar-refractivity contribution < 1.29 is 14.3 Å². The van der Waals surface area contributed by atoms with E-state index in [4.69, 9.17) is 4.74 Å². The van der Waals surface area contributed by atoms with Gasteiger partial charge in [0.25, 0.3) is 5.91 Å². The number of hydrogen-bond donors (Lipinski definition) is 0. The van der Waals surface area contributed by atoms with Gasteiger partial charge in [0.05, 0.1) is 6.54 Å². The zero-order chi connectivity index (χ0) is 21.0. The van der Waals surface area contributed by atoms with E-state index in [0.29, 0.717) is 17.8 Å². The van der Waals surface area contributed by atoms with Crippen molar-refractivity contribution in [3.05, 3.63) is 77.5 Å². The van der Waals surface area contributed by atoms with Gasteiger partial charge in [0.15, 0.2) is 6.10 Å². The number of amides is 1. The molecule has 6 heteroatoms. The van der Waals surface area contributed by atoms with E-state index in [2.05, 4.69) is 5.10 Å². The molecule has 0 N–H and O–H groups in total. The summed E-state index contributed by atoms with van der Waals surface area (Å²) in [4.78, 5) is 26.3. The van der Waals surface area contributed by atoms with Crippen molar-refractivity contribution in [1.29, 1.82) is 0 Å². The first kappa shape index (κ1) is 20.3. The molecule has 1 amide bonds. The fourth-order valence-corrected chi connectivity index (χ4v) is 2.98. The van der Waals surface area contributed by atoms with Gasteiger partial charge in [0.1, 0.15) is 11.3 Å². The third kappa shape index (κ3) is 4.90. The number of aromatic nitrogens is 2. The molecule has 150 valence electrons. The molecule has 0 saturated carbocycles. The van der Waals surface area contributed by atoms with E-state index < -0.39 is 12.1 Å². The molecule has 0 aliphatic carbocycles. The second kappa shape index (κ2) is 8.73. The van der Waals surface area contributed by atoms with E-state index in [0.717, 1.165) is 16.7 Å². The number of esters is 1. The number of nitrogens with zero attached hydrogens (tertiary/aromatic N) is 3. The molecule has 1 aromatic heterocycles. The monoisotopic (exact) mass is 391 g/mol. The summed E-state index contributed by atoms with van der Waals surface area (Å²) in [7, 11) is 3.25. The first-order valence-corrected chi connectivity index (χ1v) is 9.45. The van der Waals surface area contributed by atoms with E-state index in [1.165, 1.54) is 4.90 Å². The molecule has 0 unspecified atom stereocenters. The van der Waals surface area contributed by atoms with Crippen molar-refractivity contribution in [3.8, 4) is 11.3 Å². The van der Waals surface area contributed by atoms with E-state index in [1.807, 2.05) is 61.5 Å². The van der Waals surface area contributed by atoms with Crippen LogP contribution in [0.2, 0.25) is 0 Å². The number of ether oxygens (including phenoxy) is 1. The van der Waals surface area contributed by atoms with Gasteiger partial charge in [-0.15, -0.1) is 0 Å². The highest BCUT2D eigenvalue weighted by Crippen LogP contribution is 2.24.